The van der Waals surface area contributed by atoms with Crippen LogP contribution in [0.4, 0.5) is 0 Å². The third kappa shape index (κ3) is 2.84. The summed E-state index contributed by atoms with van der Waals surface area (Å²) in [5.74, 6) is 0. The Balaban J connectivity index is 0.00000182. The lowest BCUT2D eigenvalue weighted by molar-refractivity contribution is 0.465. The Hall–Kier alpha value is -2.22. The largest absolute Gasteiger partial charge is 0.265 e. The molecule has 1 aliphatic carbocycles. The van der Waals surface area contributed by atoms with E-state index < -0.39 is 5.41 Å². The van der Waals surface area contributed by atoms with Gasteiger partial charge in [0.1, 0.15) is 5.15 Å². The highest BCUT2D eigenvalue weighted by molar-refractivity contribution is 6.30. The average molecular weight is 371 g/mol. The maximum Gasteiger partial charge on any atom is 0.129 e. The Labute approximate surface area is 157 Å². The zero-order chi connectivity index (χ0) is 16.7. The van der Waals surface area contributed by atoms with Crippen molar-refractivity contribution in [2.75, 3.05) is 0 Å². The molecule has 0 fully saturated rings. The van der Waals surface area contributed by atoms with Gasteiger partial charge in [-0.3, -0.25) is 9.97 Å². The second kappa shape index (κ2) is 6.59. The van der Waals surface area contributed by atoms with Gasteiger partial charge in [0.05, 0.1) is 23.2 Å². The van der Waals surface area contributed by atoms with Gasteiger partial charge in [-0.1, -0.05) is 11.6 Å². The molecule has 3 aromatic heterocycles. The molecule has 126 valence electrons. The first kappa shape index (κ1) is 17.6. The van der Waals surface area contributed by atoms with Gasteiger partial charge in [-0.2, -0.15) is 5.26 Å². The van der Waals surface area contributed by atoms with Gasteiger partial charge in [0.25, 0.3) is 0 Å². The van der Waals surface area contributed by atoms with E-state index in [9.17, 15) is 5.26 Å². The highest BCUT2D eigenvalue weighted by Crippen LogP contribution is 2.40. The first-order valence-electron chi connectivity index (χ1n) is 7.88. The third-order valence-corrected chi connectivity index (χ3v) is 5.23. The van der Waals surface area contributed by atoms with E-state index in [1.54, 1.807) is 18.6 Å². The first-order chi connectivity index (χ1) is 11.6. The Bertz CT molecular complexity index is 982. The fourth-order valence-corrected chi connectivity index (χ4v) is 3.80. The van der Waals surface area contributed by atoms with Crippen molar-refractivity contribution >= 4 is 34.9 Å². The lowest BCUT2D eigenvalue weighted by Gasteiger charge is -2.33. The van der Waals surface area contributed by atoms with Crippen molar-refractivity contribution in [3.8, 4) is 6.07 Å². The van der Waals surface area contributed by atoms with Crippen molar-refractivity contribution in [2.45, 2.75) is 31.6 Å². The number of aromatic nitrogens is 3. The van der Waals surface area contributed by atoms with Crippen LogP contribution in [-0.2, 0) is 18.3 Å². The van der Waals surface area contributed by atoms with Crippen LogP contribution in [-0.4, -0.2) is 15.0 Å². The number of fused-ring (bicyclic) bond motifs is 2. The lowest BCUT2D eigenvalue weighted by Crippen LogP contribution is -2.33. The third-order valence-electron chi connectivity index (χ3n) is 5.02. The second-order valence-corrected chi connectivity index (χ2v) is 6.68. The number of hydrogen-bond acceptors (Lipinski definition) is 4. The predicted octanol–water partition coefficient (Wildman–Crippen LogP) is 4.36. The molecule has 0 saturated carbocycles. The number of aryl methyl sites for hydroxylation is 2. The predicted molar refractivity (Wildman–Crippen MR) is 100 cm³/mol. The van der Waals surface area contributed by atoms with E-state index >= 15 is 0 Å². The van der Waals surface area contributed by atoms with Crippen LogP contribution in [0.25, 0.3) is 10.9 Å². The molecule has 0 radical (unpaired) electrons. The second-order valence-electron chi connectivity index (χ2n) is 6.29. The Kier molecular flexibility index (Phi) is 4.64. The fourth-order valence-electron chi connectivity index (χ4n) is 3.64. The summed E-state index contributed by atoms with van der Waals surface area (Å²) in [5, 5.41) is 11.4. The molecule has 4 nitrogen and oxygen atoms in total. The van der Waals surface area contributed by atoms with E-state index in [4.69, 9.17) is 16.6 Å². The van der Waals surface area contributed by atoms with Crippen molar-refractivity contribution in [3.63, 3.8) is 0 Å². The minimum atomic E-state index is -0.521. The zero-order valence-electron chi connectivity index (χ0n) is 13.7. The van der Waals surface area contributed by atoms with Crippen molar-refractivity contribution in [1.82, 2.24) is 15.0 Å². The molecule has 1 unspecified atom stereocenters. The van der Waals surface area contributed by atoms with Gasteiger partial charge < -0.3 is 0 Å². The lowest BCUT2D eigenvalue weighted by atomic mass is 9.69. The van der Waals surface area contributed by atoms with Crippen LogP contribution in [0.2, 0.25) is 5.15 Å². The van der Waals surface area contributed by atoms with Crippen LogP contribution >= 0.6 is 24.0 Å². The van der Waals surface area contributed by atoms with E-state index in [0.29, 0.717) is 11.6 Å². The molecular formula is C19H16Cl2N4. The topological polar surface area (TPSA) is 62.5 Å². The molecule has 6 heteroatoms. The van der Waals surface area contributed by atoms with E-state index in [1.807, 2.05) is 18.2 Å². The summed E-state index contributed by atoms with van der Waals surface area (Å²) in [6.07, 6.45) is 7.43. The smallest absolute Gasteiger partial charge is 0.129 e. The molecule has 0 saturated heterocycles. The molecule has 0 N–H and O–H groups in total. The monoisotopic (exact) mass is 370 g/mol. The quantitative estimate of drug-likeness (QED) is 0.597. The zero-order valence-corrected chi connectivity index (χ0v) is 15.2. The summed E-state index contributed by atoms with van der Waals surface area (Å²) in [5.41, 5.74) is 4.75. The number of halogens is 2. The van der Waals surface area contributed by atoms with Crippen LogP contribution in [0, 0.1) is 18.3 Å². The van der Waals surface area contributed by atoms with Crippen molar-refractivity contribution in [1.29, 1.82) is 5.26 Å². The molecule has 0 aromatic carbocycles. The van der Waals surface area contributed by atoms with Crippen LogP contribution in [0.1, 0.15) is 28.8 Å². The SMILES string of the molecule is Cc1c2c(nc3cnc(Cl)cc13)CCC(C#N)(c1ccncc1)C2.Cl. The van der Waals surface area contributed by atoms with Gasteiger partial charge in [-0.25, -0.2) is 4.98 Å². The molecule has 0 amide bonds. The molecule has 1 aliphatic rings. The van der Waals surface area contributed by atoms with Gasteiger partial charge in [-0.15, -0.1) is 12.4 Å². The normalized spacial score (nSPS) is 18.9. The first-order valence-corrected chi connectivity index (χ1v) is 8.26. The maximum atomic E-state index is 9.95. The van der Waals surface area contributed by atoms with E-state index in [0.717, 1.165) is 46.1 Å². The molecular weight excluding hydrogens is 355 g/mol. The number of hydrogen-bond donors (Lipinski definition) is 0. The average Bonchev–Trinajstić information content (AvgIpc) is 2.63. The van der Waals surface area contributed by atoms with Gasteiger partial charge in [0.15, 0.2) is 0 Å². The van der Waals surface area contributed by atoms with E-state index in [1.165, 1.54) is 0 Å². The van der Waals surface area contributed by atoms with Crippen molar-refractivity contribution in [3.05, 3.63) is 64.3 Å². The van der Waals surface area contributed by atoms with E-state index in [2.05, 4.69) is 23.0 Å². The minimum Gasteiger partial charge on any atom is -0.265 e. The molecule has 0 bridgehead atoms. The highest BCUT2D eigenvalue weighted by atomic mass is 35.5. The summed E-state index contributed by atoms with van der Waals surface area (Å²) in [6, 6.07) is 8.31. The standard InChI is InChI=1S/C19H15ClN4.ClH/c1-12-14-8-18(20)23-10-17(14)24-16-2-5-19(11-21,9-15(12)16)13-3-6-22-7-4-13;/h3-4,6-8,10H,2,5,9H2,1H3;1H. The molecule has 3 heterocycles. The summed E-state index contributed by atoms with van der Waals surface area (Å²) >= 11 is 6.05. The van der Waals surface area contributed by atoms with Crippen LogP contribution in [0.15, 0.2) is 36.8 Å². The van der Waals surface area contributed by atoms with E-state index in [-0.39, 0.29) is 12.4 Å². The van der Waals surface area contributed by atoms with Crippen molar-refractivity contribution < 1.29 is 0 Å². The summed E-state index contributed by atoms with van der Waals surface area (Å²) in [7, 11) is 0. The number of pyridine rings is 3. The Morgan fingerprint density at radius 2 is 2.04 bits per heavy atom. The number of nitriles is 1. The Morgan fingerprint density at radius 3 is 2.76 bits per heavy atom. The molecule has 4 rings (SSSR count). The minimum absolute atomic E-state index is 0. The summed E-state index contributed by atoms with van der Waals surface area (Å²) in [6.45, 7) is 2.08. The van der Waals surface area contributed by atoms with Gasteiger partial charge in [0, 0.05) is 23.5 Å². The summed E-state index contributed by atoms with van der Waals surface area (Å²) < 4.78 is 0. The summed E-state index contributed by atoms with van der Waals surface area (Å²) in [4.78, 5) is 13.0. The molecule has 25 heavy (non-hydrogen) atoms. The molecule has 0 aliphatic heterocycles. The van der Waals surface area contributed by atoms with Crippen molar-refractivity contribution in [2.24, 2.45) is 0 Å². The van der Waals surface area contributed by atoms with Crippen LogP contribution < -0.4 is 0 Å². The number of rotatable bonds is 1. The fraction of sp³-hybridized carbons (Fsp3) is 0.263. The molecule has 3 aromatic rings. The van der Waals surface area contributed by atoms with Crippen LogP contribution in [0.5, 0.6) is 0 Å². The highest BCUT2D eigenvalue weighted by Gasteiger charge is 2.38. The van der Waals surface area contributed by atoms with Gasteiger partial charge in [-0.05, 0) is 61.1 Å². The van der Waals surface area contributed by atoms with Gasteiger partial charge in [0.2, 0.25) is 0 Å². The molecule has 1 atom stereocenters. The maximum absolute atomic E-state index is 9.95. The van der Waals surface area contributed by atoms with Crippen LogP contribution in [0.3, 0.4) is 0 Å². The Morgan fingerprint density at radius 1 is 1.28 bits per heavy atom. The number of nitrogens with zero attached hydrogens (tertiary/aromatic N) is 4. The van der Waals surface area contributed by atoms with Gasteiger partial charge >= 0.3 is 0 Å². The molecule has 0 spiro atoms.